The first-order valence-electron chi connectivity index (χ1n) is 7.48. The Morgan fingerprint density at radius 1 is 1.19 bits per heavy atom. The van der Waals surface area contributed by atoms with Gasteiger partial charge in [0.15, 0.2) is 0 Å². The van der Waals surface area contributed by atoms with E-state index in [1.54, 1.807) is 0 Å². The van der Waals surface area contributed by atoms with Gasteiger partial charge < -0.3 is 10.2 Å². The molecule has 0 aliphatic carbocycles. The number of aliphatic carboxylic acids is 1. The third-order valence-corrected chi connectivity index (χ3v) is 3.50. The second kappa shape index (κ2) is 8.15. The zero-order chi connectivity index (χ0) is 15.9. The van der Waals surface area contributed by atoms with Crippen molar-refractivity contribution in [1.82, 2.24) is 5.32 Å². The molecule has 4 nitrogen and oxygen atoms in total. The predicted octanol–water partition coefficient (Wildman–Crippen LogP) is 2.98. The topological polar surface area (TPSA) is 69.6 Å². The van der Waals surface area contributed by atoms with Crippen molar-refractivity contribution < 1.29 is 15.0 Å². The first-order chi connectivity index (χ1) is 9.83. The molecule has 0 fully saturated rings. The van der Waals surface area contributed by atoms with Crippen LogP contribution in [0.5, 0.6) is 0 Å². The molecule has 0 aliphatic rings. The van der Waals surface area contributed by atoms with Crippen LogP contribution in [0.25, 0.3) is 0 Å². The van der Waals surface area contributed by atoms with Crippen LogP contribution in [0.4, 0.5) is 0 Å². The maximum atomic E-state index is 11.5. The summed E-state index contributed by atoms with van der Waals surface area (Å²) >= 11 is 0. The SMILES string of the molecule is CC(C)(C)CCC(N[C@@H](CCO)c1ccccc1)C(=O)O. The molecule has 0 radical (unpaired) electrons. The lowest BCUT2D eigenvalue weighted by Crippen LogP contribution is -2.40. The molecule has 0 spiro atoms. The fourth-order valence-electron chi connectivity index (χ4n) is 2.26. The lowest BCUT2D eigenvalue weighted by Gasteiger charge is -2.26. The average Bonchev–Trinajstić information content (AvgIpc) is 2.41. The third-order valence-electron chi connectivity index (χ3n) is 3.50. The van der Waals surface area contributed by atoms with Crippen LogP contribution < -0.4 is 5.32 Å². The number of rotatable bonds is 8. The van der Waals surface area contributed by atoms with Crippen molar-refractivity contribution in [3.05, 3.63) is 35.9 Å². The molecule has 0 saturated heterocycles. The fraction of sp³-hybridized carbons (Fsp3) is 0.588. The summed E-state index contributed by atoms with van der Waals surface area (Å²) in [6.07, 6.45) is 1.91. The molecule has 2 atom stereocenters. The van der Waals surface area contributed by atoms with Crippen molar-refractivity contribution in [3.63, 3.8) is 0 Å². The summed E-state index contributed by atoms with van der Waals surface area (Å²) in [7, 11) is 0. The summed E-state index contributed by atoms with van der Waals surface area (Å²) in [6.45, 7) is 6.34. The standard InChI is InChI=1S/C17H27NO3/c1-17(2,3)11-9-15(16(20)21)18-14(10-12-19)13-7-5-4-6-8-13/h4-8,14-15,18-19H,9-12H2,1-3H3,(H,20,21)/t14-,15?/m0/s1. The van der Waals surface area contributed by atoms with Crippen LogP contribution in [0.1, 0.15) is 51.6 Å². The lowest BCUT2D eigenvalue weighted by atomic mass is 9.88. The molecule has 0 aromatic heterocycles. The van der Waals surface area contributed by atoms with Crippen molar-refractivity contribution in [3.8, 4) is 0 Å². The highest BCUT2D eigenvalue weighted by molar-refractivity contribution is 5.73. The van der Waals surface area contributed by atoms with Gasteiger partial charge in [-0.3, -0.25) is 10.1 Å². The number of hydrogen-bond donors (Lipinski definition) is 3. The van der Waals surface area contributed by atoms with Crippen LogP contribution in [0.15, 0.2) is 30.3 Å². The maximum Gasteiger partial charge on any atom is 0.320 e. The highest BCUT2D eigenvalue weighted by Crippen LogP contribution is 2.23. The predicted molar refractivity (Wildman–Crippen MR) is 84.1 cm³/mol. The molecular formula is C17H27NO3. The number of carboxylic acids is 1. The number of nitrogens with one attached hydrogen (secondary N) is 1. The van der Waals surface area contributed by atoms with Gasteiger partial charge >= 0.3 is 5.97 Å². The Morgan fingerprint density at radius 3 is 2.29 bits per heavy atom. The van der Waals surface area contributed by atoms with Crippen LogP contribution in [-0.2, 0) is 4.79 Å². The van der Waals surface area contributed by atoms with Gasteiger partial charge in [-0.2, -0.15) is 0 Å². The van der Waals surface area contributed by atoms with Crippen molar-refractivity contribution in [2.24, 2.45) is 5.41 Å². The Morgan fingerprint density at radius 2 is 1.81 bits per heavy atom. The molecule has 3 N–H and O–H groups in total. The van der Waals surface area contributed by atoms with Gasteiger partial charge in [0.25, 0.3) is 0 Å². The average molecular weight is 293 g/mol. The van der Waals surface area contributed by atoms with Gasteiger partial charge in [-0.05, 0) is 30.2 Å². The van der Waals surface area contributed by atoms with Gasteiger partial charge in [-0.1, -0.05) is 51.1 Å². The van der Waals surface area contributed by atoms with Crippen LogP contribution in [0.2, 0.25) is 0 Å². The molecule has 0 heterocycles. The van der Waals surface area contributed by atoms with Crippen LogP contribution >= 0.6 is 0 Å². The molecule has 21 heavy (non-hydrogen) atoms. The van der Waals surface area contributed by atoms with E-state index in [9.17, 15) is 15.0 Å². The largest absolute Gasteiger partial charge is 0.480 e. The zero-order valence-corrected chi connectivity index (χ0v) is 13.2. The quantitative estimate of drug-likeness (QED) is 0.689. The van der Waals surface area contributed by atoms with E-state index in [1.807, 2.05) is 30.3 Å². The van der Waals surface area contributed by atoms with E-state index in [0.29, 0.717) is 12.8 Å². The minimum atomic E-state index is -0.835. The zero-order valence-electron chi connectivity index (χ0n) is 13.2. The molecular weight excluding hydrogens is 266 g/mol. The highest BCUT2D eigenvalue weighted by atomic mass is 16.4. The number of aliphatic hydroxyl groups is 1. The maximum absolute atomic E-state index is 11.5. The molecule has 118 valence electrons. The van der Waals surface area contributed by atoms with Gasteiger partial charge in [0.1, 0.15) is 6.04 Å². The minimum Gasteiger partial charge on any atom is -0.480 e. The monoisotopic (exact) mass is 293 g/mol. The molecule has 0 bridgehead atoms. The second-order valence-corrected chi connectivity index (χ2v) is 6.63. The number of carbonyl (C=O) groups is 1. The van der Waals surface area contributed by atoms with Crippen molar-refractivity contribution in [1.29, 1.82) is 0 Å². The first-order valence-corrected chi connectivity index (χ1v) is 7.48. The summed E-state index contributed by atoms with van der Waals surface area (Å²) in [5.41, 5.74) is 1.11. The Kier molecular flexibility index (Phi) is 6.85. The van der Waals surface area contributed by atoms with E-state index in [0.717, 1.165) is 12.0 Å². The number of aliphatic hydroxyl groups excluding tert-OH is 1. The van der Waals surface area contributed by atoms with Gasteiger partial charge in [-0.15, -0.1) is 0 Å². The summed E-state index contributed by atoms with van der Waals surface area (Å²) < 4.78 is 0. The Labute approximate surface area is 127 Å². The van der Waals surface area contributed by atoms with E-state index >= 15 is 0 Å². The van der Waals surface area contributed by atoms with Crippen molar-refractivity contribution in [2.45, 2.75) is 52.1 Å². The van der Waals surface area contributed by atoms with E-state index in [2.05, 4.69) is 26.1 Å². The second-order valence-electron chi connectivity index (χ2n) is 6.63. The fourth-order valence-corrected chi connectivity index (χ4v) is 2.26. The normalized spacial score (nSPS) is 14.7. The molecule has 4 heteroatoms. The Balaban J connectivity index is 2.76. The van der Waals surface area contributed by atoms with Crippen LogP contribution in [0, 0.1) is 5.41 Å². The van der Waals surface area contributed by atoms with Gasteiger partial charge in [0, 0.05) is 12.6 Å². The minimum absolute atomic E-state index is 0.0260. The summed E-state index contributed by atoms with van der Waals surface area (Å²) in [4.78, 5) is 11.5. The van der Waals surface area contributed by atoms with E-state index in [4.69, 9.17) is 0 Å². The summed E-state index contributed by atoms with van der Waals surface area (Å²) in [6, 6.07) is 8.94. The summed E-state index contributed by atoms with van der Waals surface area (Å²) in [5, 5.41) is 21.8. The smallest absolute Gasteiger partial charge is 0.320 e. The highest BCUT2D eigenvalue weighted by Gasteiger charge is 2.24. The number of benzene rings is 1. The number of hydrogen-bond acceptors (Lipinski definition) is 3. The molecule has 0 saturated carbocycles. The lowest BCUT2D eigenvalue weighted by molar-refractivity contribution is -0.140. The molecule has 1 unspecified atom stereocenters. The third kappa shape index (κ3) is 6.74. The van der Waals surface area contributed by atoms with E-state index < -0.39 is 12.0 Å². The van der Waals surface area contributed by atoms with Crippen molar-refractivity contribution in [2.75, 3.05) is 6.61 Å². The van der Waals surface area contributed by atoms with Crippen molar-refractivity contribution >= 4 is 5.97 Å². The first kappa shape index (κ1) is 17.7. The Bertz CT molecular complexity index is 425. The molecule has 1 aromatic carbocycles. The molecule has 0 aliphatic heterocycles. The molecule has 1 aromatic rings. The van der Waals surface area contributed by atoms with Crippen LogP contribution in [0.3, 0.4) is 0 Å². The molecule has 1 rings (SSSR count). The van der Waals surface area contributed by atoms with Crippen LogP contribution in [-0.4, -0.2) is 28.8 Å². The van der Waals surface area contributed by atoms with Gasteiger partial charge in [0.2, 0.25) is 0 Å². The number of carboxylic acid groups (broad SMARTS) is 1. The van der Waals surface area contributed by atoms with Gasteiger partial charge in [-0.25, -0.2) is 0 Å². The molecule has 0 amide bonds. The Hall–Kier alpha value is -1.39. The van der Waals surface area contributed by atoms with E-state index in [-0.39, 0.29) is 18.1 Å². The van der Waals surface area contributed by atoms with Gasteiger partial charge in [0.05, 0.1) is 0 Å². The summed E-state index contributed by atoms with van der Waals surface area (Å²) in [5.74, 6) is -0.835. The van der Waals surface area contributed by atoms with E-state index in [1.165, 1.54) is 0 Å².